The molecule has 1 amide bonds. The number of sulfonamides is 1. The zero-order valence-corrected chi connectivity index (χ0v) is 16.9. The maximum Gasteiger partial charge on any atom is 0.282 e. The molecule has 1 aliphatic heterocycles. The van der Waals surface area contributed by atoms with E-state index in [0.29, 0.717) is 5.75 Å². The van der Waals surface area contributed by atoms with E-state index in [1.807, 2.05) is 6.92 Å². The monoisotopic (exact) mass is 434 g/mol. The van der Waals surface area contributed by atoms with Crippen molar-refractivity contribution in [2.75, 3.05) is 20.4 Å². The average Bonchev–Trinajstić information content (AvgIpc) is 3.15. The number of carbonyl (C=O) groups excluding carboxylic acids is 1. The van der Waals surface area contributed by atoms with E-state index in [2.05, 4.69) is 10.5 Å². The molecule has 0 aromatic heterocycles. The van der Waals surface area contributed by atoms with Crippen LogP contribution >= 0.6 is 0 Å². The van der Waals surface area contributed by atoms with Crippen LogP contribution in [0.2, 0.25) is 0 Å². The van der Waals surface area contributed by atoms with Gasteiger partial charge in [-0.3, -0.25) is 14.9 Å². The number of hydrogen-bond acceptors (Lipinski definition) is 8. The first kappa shape index (κ1) is 21.2. The Labute approximate surface area is 172 Å². The fourth-order valence-electron chi connectivity index (χ4n) is 2.60. The lowest BCUT2D eigenvalue weighted by Crippen LogP contribution is -2.36. The molecule has 0 radical (unpaired) electrons. The second-order valence-corrected chi connectivity index (χ2v) is 8.43. The number of nitrogens with one attached hydrogen (secondary N) is 1. The second-order valence-electron chi connectivity index (χ2n) is 6.39. The average molecular weight is 434 g/mol. The van der Waals surface area contributed by atoms with Crippen LogP contribution in [0.3, 0.4) is 0 Å². The summed E-state index contributed by atoms with van der Waals surface area (Å²) in [6.45, 7) is 1.29. The van der Waals surface area contributed by atoms with Crippen LogP contribution in [-0.2, 0) is 14.8 Å². The fraction of sp³-hybridized carbons (Fsp3) is 0.222. The molecule has 1 N–H and O–H groups in total. The van der Waals surface area contributed by atoms with E-state index in [1.165, 1.54) is 31.3 Å². The van der Waals surface area contributed by atoms with E-state index in [-0.39, 0.29) is 28.7 Å². The first-order chi connectivity index (χ1) is 14.2. The predicted octanol–water partition coefficient (Wildman–Crippen LogP) is 1.40. The van der Waals surface area contributed by atoms with Gasteiger partial charge in [-0.25, -0.2) is 13.8 Å². The van der Waals surface area contributed by atoms with Crippen molar-refractivity contribution in [3.8, 4) is 11.5 Å². The van der Waals surface area contributed by atoms with Crippen molar-refractivity contribution >= 4 is 27.8 Å². The van der Waals surface area contributed by atoms with Crippen LogP contribution in [0.25, 0.3) is 0 Å². The molecule has 12 heteroatoms. The third-order valence-corrected chi connectivity index (χ3v) is 6.02. The highest BCUT2D eigenvalue weighted by molar-refractivity contribution is 7.89. The summed E-state index contributed by atoms with van der Waals surface area (Å²) in [5.41, 5.74) is 2.87. The number of hydrogen-bond donors (Lipinski definition) is 1. The number of aryl methyl sites for hydroxylation is 1. The lowest BCUT2D eigenvalue weighted by atomic mass is 10.1. The number of likely N-dealkylation sites (N-methyl/N-ethyl adjacent to an activating group) is 1. The highest BCUT2D eigenvalue weighted by atomic mass is 32.2. The Bertz CT molecular complexity index is 1110. The number of rotatable bonds is 7. The van der Waals surface area contributed by atoms with E-state index in [1.54, 1.807) is 12.1 Å². The van der Waals surface area contributed by atoms with Crippen LogP contribution in [0.5, 0.6) is 11.5 Å². The van der Waals surface area contributed by atoms with E-state index in [4.69, 9.17) is 9.47 Å². The largest absolute Gasteiger partial charge is 0.454 e. The summed E-state index contributed by atoms with van der Waals surface area (Å²) in [5.74, 6) is -0.157. The van der Waals surface area contributed by atoms with Gasteiger partial charge in [0, 0.05) is 7.05 Å². The molecule has 0 bridgehead atoms. The van der Waals surface area contributed by atoms with Gasteiger partial charge in [0.15, 0.2) is 11.5 Å². The van der Waals surface area contributed by atoms with Crippen molar-refractivity contribution in [3.63, 3.8) is 0 Å². The van der Waals surface area contributed by atoms with Gasteiger partial charge in [0.05, 0.1) is 34.2 Å². The van der Waals surface area contributed by atoms with Crippen LogP contribution in [0.4, 0.5) is 5.69 Å². The maximum atomic E-state index is 12.5. The number of ether oxygens (including phenoxy) is 2. The molecule has 11 nitrogen and oxygen atoms in total. The topological polar surface area (TPSA) is 140 Å². The molecular weight excluding hydrogens is 416 g/mol. The number of nitro benzene ring substituents is 1. The molecule has 0 saturated heterocycles. The molecule has 0 fully saturated rings. The van der Waals surface area contributed by atoms with Gasteiger partial charge in [-0.15, -0.1) is 0 Å². The summed E-state index contributed by atoms with van der Waals surface area (Å²) in [6, 6.07) is 8.79. The molecule has 0 aliphatic carbocycles. The smallest absolute Gasteiger partial charge is 0.282 e. The molecule has 3 rings (SSSR count). The van der Waals surface area contributed by atoms with Crippen LogP contribution < -0.4 is 14.9 Å². The molecule has 1 heterocycles. The van der Waals surface area contributed by atoms with Crippen molar-refractivity contribution in [2.24, 2.45) is 5.10 Å². The Morgan fingerprint density at radius 2 is 1.90 bits per heavy atom. The lowest BCUT2D eigenvalue weighted by Gasteiger charge is -2.16. The first-order valence-corrected chi connectivity index (χ1v) is 10.1. The third-order valence-electron chi connectivity index (χ3n) is 4.21. The Kier molecular flexibility index (Phi) is 5.99. The van der Waals surface area contributed by atoms with Gasteiger partial charge in [0.25, 0.3) is 11.6 Å². The van der Waals surface area contributed by atoms with Gasteiger partial charge in [0.2, 0.25) is 16.8 Å². The minimum Gasteiger partial charge on any atom is -0.454 e. The number of fused-ring (bicyclic) bond motifs is 1. The molecule has 0 saturated carbocycles. The highest BCUT2D eigenvalue weighted by Gasteiger charge is 2.24. The number of nitrogens with zero attached hydrogens (tertiary/aromatic N) is 3. The predicted molar refractivity (Wildman–Crippen MR) is 106 cm³/mol. The molecule has 1 aliphatic rings. The van der Waals surface area contributed by atoms with Gasteiger partial charge in [-0.05, 0) is 25.1 Å². The zero-order chi connectivity index (χ0) is 21.9. The number of benzene rings is 2. The SMILES string of the molecule is Cc1ccc(S(=O)(=O)N(C)CC(=O)N/N=C/c2cc3c(cc2[N+](=O)[O-])OCO3)cc1. The molecular formula is C18H18N4O7S. The first-order valence-electron chi connectivity index (χ1n) is 8.61. The Morgan fingerprint density at radius 1 is 1.27 bits per heavy atom. The van der Waals surface area contributed by atoms with Crippen molar-refractivity contribution < 1.29 is 27.6 Å². The number of hydrazone groups is 1. The molecule has 30 heavy (non-hydrogen) atoms. The maximum absolute atomic E-state index is 12.5. The van der Waals surface area contributed by atoms with Gasteiger partial charge in [-0.1, -0.05) is 17.7 Å². The van der Waals surface area contributed by atoms with Crippen LogP contribution in [0.15, 0.2) is 46.4 Å². The zero-order valence-electron chi connectivity index (χ0n) is 16.1. The quantitative estimate of drug-likeness (QED) is 0.394. The van der Waals surface area contributed by atoms with Crippen LogP contribution in [0.1, 0.15) is 11.1 Å². The number of nitro groups is 1. The Morgan fingerprint density at radius 3 is 2.53 bits per heavy atom. The van der Waals surface area contributed by atoms with Crippen molar-refractivity contribution in [2.45, 2.75) is 11.8 Å². The van der Waals surface area contributed by atoms with E-state index >= 15 is 0 Å². The van der Waals surface area contributed by atoms with Gasteiger partial charge >= 0.3 is 0 Å². The second kappa shape index (κ2) is 8.47. The summed E-state index contributed by atoms with van der Waals surface area (Å²) in [7, 11) is -2.59. The minimum atomic E-state index is -3.85. The highest BCUT2D eigenvalue weighted by Crippen LogP contribution is 2.37. The normalized spacial score (nSPS) is 13.0. The molecule has 2 aromatic carbocycles. The minimum absolute atomic E-state index is 0.0500. The van der Waals surface area contributed by atoms with Gasteiger partial charge in [0.1, 0.15) is 0 Å². The summed E-state index contributed by atoms with van der Waals surface area (Å²) in [4.78, 5) is 22.7. The van der Waals surface area contributed by atoms with Crippen molar-refractivity contribution in [1.82, 2.24) is 9.73 Å². The number of amides is 1. The van der Waals surface area contributed by atoms with Gasteiger partial charge < -0.3 is 9.47 Å². The molecule has 0 spiro atoms. The third kappa shape index (κ3) is 4.55. The standard InChI is InChI=1S/C18H18N4O7S/c1-12-3-5-14(6-4-12)30(26,27)21(2)10-18(23)20-19-9-13-7-16-17(29-11-28-16)8-15(13)22(24)25/h3-9H,10-11H2,1-2H3,(H,20,23)/b19-9+. The molecule has 0 atom stereocenters. The van der Waals surface area contributed by atoms with E-state index < -0.39 is 27.4 Å². The lowest BCUT2D eigenvalue weighted by molar-refractivity contribution is -0.385. The summed E-state index contributed by atoms with van der Waals surface area (Å²) >= 11 is 0. The van der Waals surface area contributed by atoms with Gasteiger partial charge in [-0.2, -0.15) is 9.41 Å². The number of carbonyl (C=O) groups is 1. The van der Waals surface area contributed by atoms with Crippen LogP contribution in [0, 0.1) is 17.0 Å². The van der Waals surface area contributed by atoms with E-state index in [0.717, 1.165) is 16.1 Å². The van der Waals surface area contributed by atoms with Crippen molar-refractivity contribution in [3.05, 3.63) is 57.6 Å². The Balaban J connectivity index is 1.66. The summed E-state index contributed by atoms with van der Waals surface area (Å²) in [6.07, 6.45) is 1.08. The molecule has 2 aromatic rings. The van der Waals surface area contributed by atoms with Crippen LogP contribution in [-0.4, -0.2) is 50.2 Å². The summed E-state index contributed by atoms with van der Waals surface area (Å²) < 4.78 is 36.2. The molecule has 0 unspecified atom stereocenters. The Hall–Kier alpha value is -3.51. The summed E-state index contributed by atoms with van der Waals surface area (Å²) in [5, 5.41) is 14.9. The van der Waals surface area contributed by atoms with Crippen molar-refractivity contribution in [1.29, 1.82) is 0 Å². The van der Waals surface area contributed by atoms with E-state index in [9.17, 15) is 23.3 Å². The molecule has 158 valence electrons. The fourth-order valence-corrected chi connectivity index (χ4v) is 3.72.